The Hall–Kier alpha value is -1.80. The van der Waals surface area contributed by atoms with Crippen molar-refractivity contribution in [3.8, 4) is 0 Å². The van der Waals surface area contributed by atoms with Gasteiger partial charge in [-0.05, 0) is 62.6 Å². The summed E-state index contributed by atoms with van der Waals surface area (Å²) >= 11 is 0. The molecule has 1 aromatic rings. The van der Waals surface area contributed by atoms with Crippen LogP contribution in [0.25, 0.3) is 0 Å². The number of benzene rings is 1. The molecule has 0 radical (unpaired) electrons. The summed E-state index contributed by atoms with van der Waals surface area (Å²) in [5.74, 6) is -0.340. The monoisotopic (exact) mass is 549 g/mol. The first-order valence-electron chi connectivity index (χ1n) is 12.1. The molecule has 10 nitrogen and oxygen atoms in total. The lowest BCUT2D eigenvalue weighted by atomic mass is 9.82. The first-order chi connectivity index (χ1) is 16.8. The highest BCUT2D eigenvalue weighted by atomic mass is 32.2. The number of hydrogen-bond donors (Lipinski definition) is 2. The third-order valence-corrected chi connectivity index (χ3v) is 9.63. The van der Waals surface area contributed by atoms with Gasteiger partial charge in [0, 0.05) is 31.9 Å². The summed E-state index contributed by atoms with van der Waals surface area (Å²) in [6.07, 6.45) is 3.16. The molecule has 36 heavy (non-hydrogen) atoms. The molecule has 0 aromatic heterocycles. The van der Waals surface area contributed by atoms with Crippen LogP contribution in [-0.2, 0) is 24.8 Å². The van der Waals surface area contributed by atoms with Crippen molar-refractivity contribution in [1.29, 1.82) is 0 Å². The van der Waals surface area contributed by atoms with E-state index in [2.05, 4.69) is 4.72 Å². The number of hydrogen-bond acceptors (Lipinski definition) is 6. The maximum absolute atomic E-state index is 13.6. The number of carbonyl (C=O) groups is 1. The van der Waals surface area contributed by atoms with Crippen LogP contribution in [0.4, 0.5) is 9.18 Å². The Morgan fingerprint density at radius 1 is 1.22 bits per heavy atom. The minimum absolute atomic E-state index is 0.0339. The molecule has 2 fully saturated rings. The van der Waals surface area contributed by atoms with Crippen LogP contribution >= 0.6 is 0 Å². The van der Waals surface area contributed by atoms with Crippen molar-refractivity contribution in [2.24, 2.45) is 0 Å². The fourth-order valence-electron chi connectivity index (χ4n) is 5.07. The fourth-order valence-corrected chi connectivity index (χ4v) is 6.93. The molecule has 1 amide bonds. The van der Waals surface area contributed by atoms with Crippen molar-refractivity contribution in [2.75, 3.05) is 32.2 Å². The van der Waals surface area contributed by atoms with Crippen molar-refractivity contribution in [3.63, 3.8) is 0 Å². The predicted molar refractivity (Wildman–Crippen MR) is 133 cm³/mol. The number of ether oxygens (including phenoxy) is 1. The second-order valence-corrected chi connectivity index (χ2v) is 14.0. The molecular formula is C23H36FN3O7S2. The predicted octanol–water partition coefficient (Wildman–Crippen LogP) is 2.19. The lowest BCUT2D eigenvalue weighted by Gasteiger charge is -2.33. The molecule has 1 saturated heterocycles. The maximum atomic E-state index is 13.6. The van der Waals surface area contributed by atoms with Crippen molar-refractivity contribution in [2.45, 2.75) is 69.2 Å². The summed E-state index contributed by atoms with van der Waals surface area (Å²) in [6.45, 7) is 1.54. The Bertz CT molecular complexity index is 1120. The van der Waals surface area contributed by atoms with E-state index in [1.54, 1.807) is 19.1 Å². The molecule has 0 unspecified atom stereocenters. The Morgan fingerprint density at radius 3 is 2.47 bits per heavy atom. The SMILES string of the molecule is C[C@@H]1C[C@H](NS(=O)(=O)N(C)CCS(C)(=O)=O)[C@H](COC2CCC(c3cccc(F)c3)CC2)N1C(=O)O. The molecule has 1 aliphatic heterocycles. The summed E-state index contributed by atoms with van der Waals surface area (Å²) < 4.78 is 71.6. The van der Waals surface area contributed by atoms with Crippen LogP contribution in [0.2, 0.25) is 0 Å². The smallest absolute Gasteiger partial charge is 0.407 e. The molecule has 1 saturated carbocycles. The van der Waals surface area contributed by atoms with Gasteiger partial charge in [0.2, 0.25) is 0 Å². The van der Waals surface area contributed by atoms with Gasteiger partial charge in [-0.15, -0.1) is 0 Å². The molecular weight excluding hydrogens is 513 g/mol. The molecule has 1 aliphatic carbocycles. The summed E-state index contributed by atoms with van der Waals surface area (Å²) in [5.41, 5.74) is 0.963. The van der Waals surface area contributed by atoms with E-state index in [0.29, 0.717) is 0 Å². The fraction of sp³-hybridized carbons (Fsp3) is 0.696. The summed E-state index contributed by atoms with van der Waals surface area (Å²) in [7, 11) is -6.11. The standard InChI is InChI=1S/C23H36FN3O7S2/c1-16-13-21(25-36(32,33)26(2)11-12-35(3,30)31)22(27(16)23(28)29)15-34-20-9-7-17(8-10-20)18-5-4-6-19(24)14-18/h4-6,14,16-17,20-22,25H,7-13,15H2,1-3H3,(H,28,29)/t16-,17?,20?,21+,22+/m1/s1. The topological polar surface area (TPSA) is 133 Å². The summed E-state index contributed by atoms with van der Waals surface area (Å²) in [6, 6.07) is 4.73. The van der Waals surface area contributed by atoms with Gasteiger partial charge in [-0.25, -0.2) is 17.6 Å². The maximum Gasteiger partial charge on any atom is 0.407 e. The number of carboxylic acid groups (broad SMARTS) is 1. The van der Waals surface area contributed by atoms with E-state index in [-0.39, 0.29) is 43.2 Å². The van der Waals surface area contributed by atoms with Crippen molar-refractivity contribution < 1.29 is 35.9 Å². The minimum Gasteiger partial charge on any atom is -0.465 e. The van der Waals surface area contributed by atoms with Crippen molar-refractivity contribution in [1.82, 2.24) is 13.9 Å². The quantitative estimate of drug-likeness (QED) is 0.457. The van der Waals surface area contributed by atoms with Crippen molar-refractivity contribution in [3.05, 3.63) is 35.6 Å². The lowest BCUT2D eigenvalue weighted by Crippen LogP contribution is -2.52. The highest BCUT2D eigenvalue weighted by Crippen LogP contribution is 2.35. The van der Waals surface area contributed by atoms with Crippen LogP contribution in [0.1, 0.15) is 50.5 Å². The van der Waals surface area contributed by atoms with Gasteiger partial charge >= 0.3 is 6.09 Å². The number of rotatable bonds is 10. The third-order valence-electron chi connectivity index (χ3n) is 7.10. The van der Waals surface area contributed by atoms with Crippen molar-refractivity contribution >= 4 is 26.1 Å². The molecule has 2 aliphatic rings. The highest BCUT2D eigenvalue weighted by molar-refractivity contribution is 7.90. The molecule has 1 heterocycles. The van der Waals surface area contributed by atoms with Crippen LogP contribution in [0.15, 0.2) is 24.3 Å². The second-order valence-electron chi connectivity index (χ2n) is 9.88. The van der Waals surface area contributed by atoms with Gasteiger partial charge in [-0.2, -0.15) is 17.4 Å². The van der Waals surface area contributed by atoms with Crippen LogP contribution < -0.4 is 4.72 Å². The summed E-state index contributed by atoms with van der Waals surface area (Å²) in [5, 5.41) is 9.76. The van der Waals surface area contributed by atoms with Gasteiger partial charge in [0.05, 0.1) is 24.5 Å². The normalized spacial score (nSPS) is 27.5. The zero-order chi connectivity index (χ0) is 26.7. The van der Waals surface area contributed by atoms with Crippen LogP contribution in [0.3, 0.4) is 0 Å². The molecule has 204 valence electrons. The zero-order valence-corrected chi connectivity index (χ0v) is 22.5. The molecule has 2 N–H and O–H groups in total. The molecule has 1 aromatic carbocycles. The summed E-state index contributed by atoms with van der Waals surface area (Å²) in [4.78, 5) is 13.2. The Labute approximate surface area is 212 Å². The molecule has 3 rings (SSSR count). The Morgan fingerprint density at radius 2 is 1.89 bits per heavy atom. The highest BCUT2D eigenvalue weighted by Gasteiger charge is 2.44. The van der Waals surface area contributed by atoms with Gasteiger partial charge in [0.25, 0.3) is 10.2 Å². The zero-order valence-electron chi connectivity index (χ0n) is 20.8. The van der Waals surface area contributed by atoms with Gasteiger partial charge in [-0.1, -0.05) is 12.1 Å². The molecule has 0 spiro atoms. The lowest BCUT2D eigenvalue weighted by molar-refractivity contribution is -0.00708. The van der Waals surface area contributed by atoms with E-state index in [1.807, 2.05) is 6.07 Å². The average Bonchev–Trinajstić information content (AvgIpc) is 3.09. The molecule has 3 atom stereocenters. The van der Waals surface area contributed by atoms with E-state index < -0.39 is 44.3 Å². The number of amides is 1. The van der Waals surface area contributed by atoms with E-state index >= 15 is 0 Å². The molecule has 13 heteroatoms. The minimum atomic E-state index is -4.04. The van der Waals surface area contributed by atoms with Crippen LogP contribution in [0, 0.1) is 5.82 Å². The average molecular weight is 550 g/mol. The Balaban J connectivity index is 1.61. The van der Waals surface area contributed by atoms with Gasteiger partial charge < -0.3 is 9.84 Å². The second kappa shape index (κ2) is 11.7. The third kappa shape index (κ3) is 7.60. The largest absolute Gasteiger partial charge is 0.465 e. The number of likely N-dealkylation sites (tertiary alicyclic amines) is 1. The van der Waals surface area contributed by atoms with Crippen LogP contribution in [0.5, 0.6) is 0 Å². The van der Waals surface area contributed by atoms with Gasteiger partial charge in [0.15, 0.2) is 0 Å². The Kier molecular flexibility index (Phi) is 9.36. The van der Waals surface area contributed by atoms with E-state index in [1.165, 1.54) is 18.0 Å². The van der Waals surface area contributed by atoms with E-state index in [0.717, 1.165) is 41.8 Å². The van der Waals surface area contributed by atoms with E-state index in [4.69, 9.17) is 4.74 Å². The first-order valence-corrected chi connectivity index (χ1v) is 15.6. The van der Waals surface area contributed by atoms with Crippen LogP contribution in [-0.4, -0.2) is 93.7 Å². The number of sulfone groups is 1. The number of nitrogens with one attached hydrogen (secondary N) is 1. The van der Waals surface area contributed by atoms with E-state index in [9.17, 15) is 31.1 Å². The number of nitrogens with zero attached hydrogens (tertiary/aromatic N) is 2. The van der Waals surface area contributed by atoms with Gasteiger partial charge in [-0.3, -0.25) is 4.90 Å². The van der Waals surface area contributed by atoms with Gasteiger partial charge in [0.1, 0.15) is 15.7 Å². The first kappa shape index (κ1) is 28.8. The number of halogens is 1. The molecule has 0 bridgehead atoms.